The van der Waals surface area contributed by atoms with Gasteiger partial charge in [0, 0.05) is 12.1 Å². The maximum atomic E-state index is 10.4. The molecular weight excluding hydrogens is 434 g/mol. The summed E-state index contributed by atoms with van der Waals surface area (Å²) in [5, 5.41) is 32.6. The van der Waals surface area contributed by atoms with Crippen LogP contribution in [-0.4, -0.2) is 47.7 Å². The lowest BCUT2D eigenvalue weighted by atomic mass is 10.1. The standard InChI is InChI=1S/C27H31NO6/c29-15-22-13-21(7-8-24(22)30)25(31)14-28-11-10-19-6-9-26-27(12-19)34-23(18-33-26)17-32-16-20-4-2-1-3-5-20/h1-9,12-13,23,25,28-31H,10-11,14-18H2/t23-,25-/m0/s1. The molecule has 1 aliphatic heterocycles. The molecule has 0 spiro atoms. The lowest BCUT2D eigenvalue weighted by molar-refractivity contribution is 0.00266. The Morgan fingerprint density at radius 1 is 1.00 bits per heavy atom. The van der Waals surface area contributed by atoms with Crippen LogP contribution in [0.2, 0.25) is 0 Å². The highest BCUT2D eigenvalue weighted by Crippen LogP contribution is 2.33. The molecule has 3 aromatic carbocycles. The number of aliphatic hydroxyl groups is 2. The second-order valence-corrected chi connectivity index (χ2v) is 8.35. The summed E-state index contributed by atoms with van der Waals surface area (Å²) in [5.74, 6) is 1.48. The summed E-state index contributed by atoms with van der Waals surface area (Å²) in [4.78, 5) is 0. The zero-order valence-corrected chi connectivity index (χ0v) is 19.0. The monoisotopic (exact) mass is 465 g/mol. The van der Waals surface area contributed by atoms with Crippen molar-refractivity contribution in [3.63, 3.8) is 0 Å². The van der Waals surface area contributed by atoms with Crippen LogP contribution in [-0.2, 0) is 24.4 Å². The molecular formula is C27H31NO6. The van der Waals surface area contributed by atoms with Crippen LogP contribution in [0.3, 0.4) is 0 Å². The smallest absolute Gasteiger partial charge is 0.162 e. The van der Waals surface area contributed by atoms with E-state index < -0.39 is 6.10 Å². The molecule has 180 valence electrons. The van der Waals surface area contributed by atoms with Gasteiger partial charge < -0.3 is 34.8 Å². The van der Waals surface area contributed by atoms with Crippen molar-refractivity contribution in [2.45, 2.75) is 31.8 Å². The fourth-order valence-electron chi connectivity index (χ4n) is 3.81. The number of aliphatic hydroxyl groups excluding tert-OH is 2. The van der Waals surface area contributed by atoms with Gasteiger partial charge >= 0.3 is 0 Å². The second-order valence-electron chi connectivity index (χ2n) is 8.35. The molecule has 2 atom stereocenters. The molecule has 0 aromatic heterocycles. The van der Waals surface area contributed by atoms with Crippen molar-refractivity contribution in [1.82, 2.24) is 5.32 Å². The van der Waals surface area contributed by atoms with E-state index in [0.29, 0.717) is 44.0 Å². The molecule has 0 saturated carbocycles. The third-order valence-electron chi connectivity index (χ3n) is 5.73. The Morgan fingerprint density at radius 2 is 1.85 bits per heavy atom. The molecule has 0 aliphatic carbocycles. The molecule has 7 heteroatoms. The van der Waals surface area contributed by atoms with Crippen LogP contribution < -0.4 is 14.8 Å². The van der Waals surface area contributed by atoms with E-state index in [0.717, 1.165) is 29.0 Å². The lowest BCUT2D eigenvalue weighted by Crippen LogP contribution is -2.33. The first-order chi connectivity index (χ1) is 16.6. The third-order valence-corrected chi connectivity index (χ3v) is 5.73. The predicted molar refractivity (Wildman–Crippen MR) is 128 cm³/mol. The summed E-state index contributed by atoms with van der Waals surface area (Å²) in [6.45, 7) is 2.20. The van der Waals surface area contributed by atoms with Crippen LogP contribution in [0.5, 0.6) is 17.2 Å². The average molecular weight is 466 g/mol. The highest BCUT2D eigenvalue weighted by molar-refractivity contribution is 5.44. The van der Waals surface area contributed by atoms with E-state index in [4.69, 9.17) is 14.2 Å². The third kappa shape index (κ3) is 6.48. The zero-order chi connectivity index (χ0) is 23.8. The first-order valence-electron chi connectivity index (χ1n) is 11.5. The van der Waals surface area contributed by atoms with Crippen LogP contribution in [0, 0.1) is 0 Å². The Morgan fingerprint density at radius 3 is 2.68 bits per heavy atom. The molecule has 0 radical (unpaired) electrons. The average Bonchev–Trinajstić information content (AvgIpc) is 2.87. The summed E-state index contributed by atoms with van der Waals surface area (Å²) >= 11 is 0. The van der Waals surface area contributed by atoms with E-state index in [2.05, 4.69) is 5.32 Å². The van der Waals surface area contributed by atoms with Gasteiger partial charge in [-0.1, -0.05) is 42.5 Å². The van der Waals surface area contributed by atoms with E-state index in [9.17, 15) is 15.3 Å². The largest absolute Gasteiger partial charge is 0.508 e. The fraction of sp³-hybridized carbons (Fsp3) is 0.333. The highest BCUT2D eigenvalue weighted by atomic mass is 16.6. The minimum absolute atomic E-state index is 0.0232. The molecule has 0 fully saturated rings. The quantitative estimate of drug-likeness (QED) is 0.323. The van der Waals surface area contributed by atoms with Gasteiger partial charge in [-0.3, -0.25) is 0 Å². The zero-order valence-electron chi connectivity index (χ0n) is 19.0. The van der Waals surface area contributed by atoms with Gasteiger partial charge in [0.15, 0.2) is 17.6 Å². The second kappa shape index (κ2) is 11.9. The molecule has 1 heterocycles. The number of aromatic hydroxyl groups is 1. The van der Waals surface area contributed by atoms with Gasteiger partial charge in [0.25, 0.3) is 0 Å². The Bertz CT molecular complexity index is 1060. The number of nitrogens with one attached hydrogen (secondary N) is 1. The number of hydrogen-bond acceptors (Lipinski definition) is 7. The van der Waals surface area contributed by atoms with Crippen LogP contribution in [0.1, 0.15) is 28.4 Å². The van der Waals surface area contributed by atoms with Crippen LogP contribution in [0.4, 0.5) is 0 Å². The van der Waals surface area contributed by atoms with Gasteiger partial charge in [-0.05, 0) is 53.9 Å². The summed E-state index contributed by atoms with van der Waals surface area (Å²) in [7, 11) is 0. The van der Waals surface area contributed by atoms with E-state index in [1.54, 1.807) is 12.1 Å². The number of phenols is 1. The number of ether oxygens (including phenoxy) is 3. The summed E-state index contributed by atoms with van der Waals surface area (Å²) < 4.78 is 17.7. The molecule has 4 rings (SSSR count). The van der Waals surface area contributed by atoms with Crippen molar-refractivity contribution in [3.8, 4) is 17.2 Å². The summed E-state index contributed by atoms with van der Waals surface area (Å²) in [6, 6.07) is 20.7. The van der Waals surface area contributed by atoms with Crippen molar-refractivity contribution in [2.75, 3.05) is 26.3 Å². The van der Waals surface area contributed by atoms with E-state index >= 15 is 0 Å². The maximum absolute atomic E-state index is 10.4. The van der Waals surface area contributed by atoms with Gasteiger partial charge in [-0.25, -0.2) is 0 Å². The molecule has 34 heavy (non-hydrogen) atoms. The molecule has 7 nitrogen and oxygen atoms in total. The van der Waals surface area contributed by atoms with Crippen molar-refractivity contribution in [2.24, 2.45) is 0 Å². The minimum Gasteiger partial charge on any atom is -0.508 e. The van der Waals surface area contributed by atoms with Crippen molar-refractivity contribution >= 4 is 0 Å². The van der Waals surface area contributed by atoms with Crippen LogP contribution in [0.25, 0.3) is 0 Å². The molecule has 0 bridgehead atoms. The highest BCUT2D eigenvalue weighted by Gasteiger charge is 2.21. The SMILES string of the molecule is OCc1cc([C@@H](O)CNCCc2ccc3c(c2)O[C@@H](COCc2ccccc2)CO3)ccc1O. The Labute approximate surface area is 199 Å². The van der Waals surface area contributed by atoms with Gasteiger partial charge in [-0.15, -0.1) is 0 Å². The number of rotatable bonds is 11. The number of benzene rings is 3. The number of hydrogen-bond donors (Lipinski definition) is 4. The van der Waals surface area contributed by atoms with Crippen molar-refractivity contribution in [3.05, 3.63) is 89.0 Å². The Hall–Kier alpha value is -3.10. The lowest BCUT2D eigenvalue weighted by Gasteiger charge is -2.27. The van der Waals surface area contributed by atoms with Crippen LogP contribution in [0.15, 0.2) is 66.7 Å². The Balaban J connectivity index is 1.22. The first kappa shape index (κ1) is 24.0. The summed E-state index contributed by atoms with van der Waals surface area (Å²) in [5.41, 5.74) is 3.27. The normalized spacial score (nSPS) is 15.8. The van der Waals surface area contributed by atoms with Gasteiger partial charge in [0.2, 0.25) is 0 Å². The summed E-state index contributed by atoms with van der Waals surface area (Å²) in [6.07, 6.45) is -0.132. The molecule has 1 aliphatic rings. The fourth-order valence-corrected chi connectivity index (χ4v) is 3.81. The molecule has 3 aromatic rings. The Kier molecular flexibility index (Phi) is 8.38. The number of fused-ring (bicyclic) bond motifs is 1. The van der Waals surface area contributed by atoms with Crippen molar-refractivity contribution in [1.29, 1.82) is 0 Å². The van der Waals surface area contributed by atoms with Gasteiger partial charge in [0.05, 0.1) is 25.9 Å². The topological polar surface area (TPSA) is 100 Å². The van der Waals surface area contributed by atoms with Crippen molar-refractivity contribution < 1.29 is 29.5 Å². The molecule has 0 amide bonds. The predicted octanol–water partition coefficient (Wildman–Crippen LogP) is 3.11. The molecule has 0 unspecified atom stereocenters. The molecule has 0 saturated heterocycles. The van der Waals surface area contributed by atoms with Crippen LogP contribution >= 0.6 is 0 Å². The van der Waals surface area contributed by atoms with E-state index in [1.165, 1.54) is 6.07 Å². The van der Waals surface area contributed by atoms with E-state index in [1.807, 2.05) is 48.5 Å². The van der Waals surface area contributed by atoms with Gasteiger partial charge in [-0.2, -0.15) is 0 Å². The maximum Gasteiger partial charge on any atom is 0.162 e. The van der Waals surface area contributed by atoms with Gasteiger partial charge in [0.1, 0.15) is 12.4 Å². The molecule has 4 N–H and O–H groups in total. The van der Waals surface area contributed by atoms with E-state index in [-0.39, 0.29) is 18.5 Å². The first-order valence-corrected chi connectivity index (χ1v) is 11.5. The minimum atomic E-state index is -0.734.